The molecule has 3 rings (SSSR count). The highest BCUT2D eigenvalue weighted by molar-refractivity contribution is 6.31. The van der Waals surface area contributed by atoms with E-state index >= 15 is 0 Å². The number of benzene rings is 1. The summed E-state index contributed by atoms with van der Waals surface area (Å²) in [6.07, 6.45) is 2.40. The number of rotatable bonds is 2. The second-order valence-corrected chi connectivity index (χ2v) is 4.65. The Morgan fingerprint density at radius 1 is 1.22 bits per heavy atom. The van der Waals surface area contributed by atoms with Crippen LogP contribution in [0, 0.1) is 6.92 Å². The summed E-state index contributed by atoms with van der Waals surface area (Å²) in [5, 5.41) is 0.746. The Labute approximate surface area is 110 Å². The summed E-state index contributed by atoms with van der Waals surface area (Å²) in [4.78, 5) is 12.2. The van der Waals surface area contributed by atoms with Gasteiger partial charge >= 0.3 is 0 Å². The van der Waals surface area contributed by atoms with Crippen molar-refractivity contribution in [2.45, 2.75) is 13.3 Å². The number of fused-ring (bicyclic) bond motifs is 1. The first-order valence-electron chi connectivity index (χ1n) is 5.77. The van der Waals surface area contributed by atoms with E-state index in [2.05, 4.69) is 15.0 Å². The highest BCUT2D eigenvalue weighted by Crippen LogP contribution is 2.19. The minimum absolute atomic E-state index is 0.668. The average Bonchev–Trinajstić information content (AvgIpc) is 2.77. The maximum absolute atomic E-state index is 6.09. The van der Waals surface area contributed by atoms with E-state index in [9.17, 15) is 0 Å². The molecule has 2 aromatic heterocycles. The number of nitrogens with zero attached hydrogens (tertiary/aromatic N) is 2. The van der Waals surface area contributed by atoms with Crippen molar-refractivity contribution < 1.29 is 0 Å². The third kappa shape index (κ3) is 1.97. The van der Waals surface area contributed by atoms with Crippen molar-refractivity contribution in [2.75, 3.05) is 0 Å². The monoisotopic (exact) mass is 257 g/mol. The van der Waals surface area contributed by atoms with Crippen LogP contribution in [0.15, 0.2) is 36.5 Å². The SMILES string of the molecule is Cc1c(Cl)ccnc1Cc1nc2ccccc2[nH]1. The maximum Gasteiger partial charge on any atom is 0.113 e. The zero-order chi connectivity index (χ0) is 12.5. The molecule has 0 saturated heterocycles. The number of nitrogens with one attached hydrogen (secondary N) is 1. The van der Waals surface area contributed by atoms with E-state index in [0.717, 1.165) is 33.1 Å². The summed E-state index contributed by atoms with van der Waals surface area (Å²) in [6.45, 7) is 1.98. The van der Waals surface area contributed by atoms with E-state index < -0.39 is 0 Å². The Kier molecular flexibility index (Phi) is 2.76. The third-order valence-electron chi connectivity index (χ3n) is 3.02. The molecule has 0 fully saturated rings. The molecule has 90 valence electrons. The van der Waals surface area contributed by atoms with E-state index in [0.29, 0.717) is 6.42 Å². The molecule has 0 unspecified atom stereocenters. The smallest absolute Gasteiger partial charge is 0.113 e. The van der Waals surface area contributed by atoms with E-state index in [4.69, 9.17) is 11.6 Å². The normalized spacial score (nSPS) is 11.0. The molecule has 0 amide bonds. The molecule has 1 N–H and O–H groups in total. The number of hydrogen-bond acceptors (Lipinski definition) is 2. The van der Waals surface area contributed by atoms with Gasteiger partial charge in [-0.15, -0.1) is 0 Å². The van der Waals surface area contributed by atoms with Crippen LogP contribution in [0.4, 0.5) is 0 Å². The summed E-state index contributed by atoms with van der Waals surface area (Å²) in [6, 6.07) is 9.79. The van der Waals surface area contributed by atoms with Crippen LogP contribution in [0.5, 0.6) is 0 Å². The lowest BCUT2D eigenvalue weighted by molar-refractivity contribution is 0.968. The van der Waals surface area contributed by atoms with Crippen molar-refractivity contribution in [3.05, 3.63) is 58.6 Å². The molecule has 0 aliphatic heterocycles. The first-order valence-corrected chi connectivity index (χ1v) is 6.15. The van der Waals surface area contributed by atoms with Gasteiger partial charge in [-0.3, -0.25) is 4.98 Å². The van der Waals surface area contributed by atoms with Crippen LogP contribution >= 0.6 is 11.6 Å². The van der Waals surface area contributed by atoms with Crippen LogP contribution in [-0.4, -0.2) is 15.0 Å². The molecule has 0 spiro atoms. The fourth-order valence-electron chi connectivity index (χ4n) is 1.98. The van der Waals surface area contributed by atoms with Crippen molar-refractivity contribution >= 4 is 22.6 Å². The number of pyridine rings is 1. The van der Waals surface area contributed by atoms with Crippen LogP contribution in [0.1, 0.15) is 17.1 Å². The van der Waals surface area contributed by atoms with Gasteiger partial charge in [-0.25, -0.2) is 4.98 Å². The van der Waals surface area contributed by atoms with Crippen LogP contribution in [0.2, 0.25) is 5.02 Å². The standard InChI is InChI=1S/C14H12ClN3/c1-9-10(15)6-7-16-13(9)8-14-17-11-4-2-3-5-12(11)18-14/h2-7H,8H2,1H3,(H,17,18). The molecule has 1 aromatic carbocycles. The number of aromatic nitrogens is 3. The zero-order valence-electron chi connectivity index (χ0n) is 9.94. The average molecular weight is 258 g/mol. The Bertz CT molecular complexity index is 670. The van der Waals surface area contributed by atoms with Gasteiger partial charge in [0, 0.05) is 17.6 Å². The summed E-state index contributed by atoms with van der Waals surface area (Å²) < 4.78 is 0. The molecule has 0 aliphatic rings. The quantitative estimate of drug-likeness (QED) is 0.763. The second-order valence-electron chi connectivity index (χ2n) is 4.24. The molecule has 2 heterocycles. The molecule has 3 aromatic rings. The summed E-state index contributed by atoms with van der Waals surface area (Å²) in [5.41, 5.74) is 4.00. The first-order chi connectivity index (χ1) is 8.74. The van der Waals surface area contributed by atoms with Gasteiger partial charge in [-0.05, 0) is 30.7 Å². The number of H-pyrrole nitrogens is 1. The van der Waals surface area contributed by atoms with E-state index in [1.54, 1.807) is 12.3 Å². The minimum atomic E-state index is 0.668. The van der Waals surface area contributed by atoms with Gasteiger partial charge < -0.3 is 4.98 Å². The second kappa shape index (κ2) is 4.42. The lowest BCUT2D eigenvalue weighted by Crippen LogP contribution is -1.97. The summed E-state index contributed by atoms with van der Waals surface area (Å²) in [5.74, 6) is 0.911. The van der Waals surface area contributed by atoms with Gasteiger partial charge in [0.2, 0.25) is 0 Å². The number of para-hydroxylation sites is 2. The van der Waals surface area contributed by atoms with Gasteiger partial charge in [0.05, 0.1) is 16.7 Å². The fraction of sp³-hybridized carbons (Fsp3) is 0.143. The Morgan fingerprint density at radius 2 is 2.06 bits per heavy atom. The molecule has 18 heavy (non-hydrogen) atoms. The highest BCUT2D eigenvalue weighted by atomic mass is 35.5. The summed E-state index contributed by atoms with van der Waals surface area (Å²) >= 11 is 6.09. The largest absolute Gasteiger partial charge is 0.342 e. The third-order valence-corrected chi connectivity index (χ3v) is 3.43. The van der Waals surface area contributed by atoms with E-state index in [-0.39, 0.29) is 0 Å². The van der Waals surface area contributed by atoms with Crippen LogP contribution in [-0.2, 0) is 6.42 Å². The number of imidazole rings is 1. The number of aromatic amines is 1. The minimum Gasteiger partial charge on any atom is -0.342 e. The van der Waals surface area contributed by atoms with Crippen molar-refractivity contribution in [1.29, 1.82) is 0 Å². The molecule has 0 saturated carbocycles. The molecular formula is C14H12ClN3. The van der Waals surface area contributed by atoms with Gasteiger partial charge in [0.25, 0.3) is 0 Å². The van der Waals surface area contributed by atoms with Gasteiger partial charge in [0.1, 0.15) is 5.82 Å². The lowest BCUT2D eigenvalue weighted by Gasteiger charge is -2.03. The zero-order valence-corrected chi connectivity index (χ0v) is 10.7. The van der Waals surface area contributed by atoms with Crippen LogP contribution in [0.25, 0.3) is 11.0 Å². The van der Waals surface area contributed by atoms with Gasteiger partial charge in [-0.1, -0.05) is 23.7 Å². The van der Waals surface area contributed by atoms with Crippen LogP contribution in [0.3, 0.4) is 0 Å². The molecule has 3 nitrogen and oxygen atoms in total. The van der Waals surface area contributed by atoms with Gasteiger partial charge in [0.15, 0.2) is 0 Å². The van der Waals surface area contributed by atoms with Crippen molar-refractivity contribution in [1.82, 2.24) is 15.0 Å². The van der Waals surface area contributed by atoms with Crippen molar-refractivity contribution in [3.8, 4) is 0 Å². The maximum atomic E-state index is 6.09. The van der Waals surface area contributed by atoms with E-state index in [1.807, 2.05) is 31.2 Å². The van der Waals surface area contributed by atoms with E-state index in [1.165, 1.54) is 0 Å². The summed E-state index contributed by atoms with van der Waals surface area (Å²) in [7, 11) is 0. The van der Waals surface area contributed by atoms with Crippen molar-refractivity contribution in [3.63, 3.8) is 0 Å². The van der Waals surface area contributed by atoms with Crippen LogP contribution < -0.4 is 0 Å². The Balaban J connectivity index is 1.99. The number of hydrogen-bond donors (Lipinski definition) is 1. The highest BCUT2D eigenvalue weighted by Gasteiger charge is 2.08. The molecule has 4 heteroatoms. The first kappa shape index (κ1) is 11.2. The molecule has 0 atom stereocenters. The Hall–Kier alpha value is -1.87. The molecule has 0 radical (unpaired) electrons. The van der Waals surface area contributed by atoms with Gasteiger partial charge in [-0.2, -0.15) is 0 Å². The number of halogens is 1. The molecule has 0 aliphatic carbocycles. The molecule has 0 bridgehead atoms. The van der Waals surface area contributed by atoms with Crippen molar-refractivity contribution in [2.24, 2.45) is 0 Å². The topological polar surface area (TPSA) is 41.6 Å². The predicted molar refractivity (Wildman–Crippen MR) is 72.9 cm³/mol. The lowest BCUT2D eigenvalue weighted by atomic mass is 10.1. The predicted octanol–water partition coefficient (Wildman–Crippen LogP) is 3.51. The fourth-order valence-corrected chi connectivity index (χ4v) is 2.14. The Morgan fingerprint density at radius 3 is 2.89 bits per heavy atom. The molecular weight excluding hydrogens is 246 g/mol.